The van der Waals surface area contributed by atoms with E-state index >= 15 is 0 Å². The number of aliphatic imine (C=N–C) groups is 1. The van der Waals surface area contributed by atoms with Gasteiger partial charge in [0.05, 0.1) is 6.10 Å². The van der Waals surface area contributed by atoms with Crippen LogP contribution in [0.2, 0.25) is 0 Å². The number of hydrogen-bond donors (Lipinski definition) is 0. The molecule has 2 aliphatic rings. The van der Waals surface area contributed by atoms with Gasteiger partial charge in [-0.1, -0.05) is 26.2 Å². The third-order valence-corrected chi connectivity index (χ3v) is 5.34. The summed E-state index contributed by atoms with van der Waals surface area (Å²) >= 11 is 0. The van der Waals surface area contributed by atoms with Crippen molar-refractivity contribution in [1.82, 2.24) is 0 Å². The molecular weight excluding hydrogens is 246 g/mol. The van der Waals surface area contributed by atoms with Crippen LogP contribution in [0.1, 0.15) is 77.6 Å². The van der Waals surface area contributed by atoms with Crippen LogP contribution in [0.3, 0.4) is 0 Å². The molecule has 2 fully saturated rings. The Balaban J connectivity index is 1.64. The molecule has 0 amide bonds. The molecule has 0 radical (unpaired) electrons. The first kappa shape index (κ1) is 16.0. The topological polar surface area (TPSA) is 21.6 Å². The standard InChI is InChI=1S/C18H33NO/c1-3-4-5-15-6-10-17(11-7-15)19-14-16-8-12-18(20-2)13-9-16/h14-18H,3-13H2,1-2H3. The first-order valence-corrected chi connectivity index (χ1v) is 8.88. The summed E-state index contributed by atoms with van der Waals surface area (Å²) in [4.78, 5) is 4.91. The van der Waals surface area contributed by atoms with Crippen LogP contribution in [0.25, 0.3) is 0 Å². The molecule has 2 rings (SSSR count). The van der Waals surface area contributed by atoms with Gasteiger partial charge in [0.1, 0.15) is 0 Å². The zero-order valence-electron chi connectivity index (χ0n) is 13.5. The molecule has 0 aromatic rings. The second kappa shape index (κ2) is 8.81. The third kappa shape index (κ3) is 5.20. The minimum absolute atomic E-state index is 0.508. The maximum absolute atomic E-state index is 5.43. The van der Waals surface area contributed by atoms with Crippen LogP contribution >= 0.6 is 0 Å². The fraction of sp³-hybridized carbons (Fsp3) is 0.944. The fourth-order valence-electron chi connectivity index (χ4n) is 3.79. The highest BCUT2D eigenvalue weighted by Crippen LogP contribution is 2.30. The number of methoxy groups -OCH3 is 1. The Morgan fingerprint density at radius 2 is 1.70 bits per heavy atom. The Hall–Kier alpha value is -0.370. The van der Waals surface area contributed by atoms with E-state index in [1.807, 2.05) is 7.11 Å². The second-order valence-electron chi connectivity index (χ2n) is 6.89. The molecule has 116 valence electrons. The third-order valence-electron chi connectivity index (χ3n) is 5.34. The summed E-state index contributed by atoms with van der Waals surface area (Å²) in [6.45, 7) is 2.30. The van der Waals surface area contributed by atoms with Crippen molar-refractivity contribution in [3.05, 3.63) is 0 Å². The first-order chi connectivity index (χ1) is 9.81. The molecule has 2 aliphatic carbocycles. The average Bonchev–Trinajstić information content (AvgIpc) is 2.52. The molecule has 0 aliphatic heterocycles. The van der Waals surface area contributed by atoms with Crippen molar-refractivity contribution in [2.75, 3.05) is 7.11 Å². The summed E-state index contributed by atoms with van der Waals surface area (Å²) in [5, 5.41) is 0. The highest BCUT2D eigenvalue weighted by molar-refractivity contribution is 5.61. The minimum Gasteiger partial charge on any atom is -0.381 e. The number of rotatable bonds is 6. The van der Waals surface area contributed by atoms with Gasteiger partial charge in [-0.2, -0.15) is 0 Å². The van der Waals surface area contributed by atoms with E-state index < -0.39 is 0 Å². The van der Waals surface area contributed by atoms with Gasteiger partial charge in [0.2, 0.25) is 0 Å². The van der Waals surface area contributed by atoms with E-state index in [9.17, 15) is 0 Å². The van der Waals surface area contributed by atoms with E-state index in [4.69, 9.17) is 9.73 Å². The summed E-state index contributed by atoms with van der Waals surface area (Å²) in [7, 11) is 1.84. The van der Waals surface area contributed by atoms with E-state index in [0.717, 1.165) is 11.8 Å². The largest absolute Gasteiger partial charge is 0.381 e. The molecule has 0 saturated heterocycles. The Kier molecular flexibility index (Phi) is 7.06. The molecule has 0 unspecified atom stereocenters. The molecule has 0 aromatic carbocycles. The van der Waals surface area contributed by atoms with Gasteiger partial charge in [0, 0.05) is 19.4 Å². The van der Waals surface area contributed by atoms with E-state index in [2.05, 4.69) is 13.1 Å². The molecule has 0 bridgehead atoms. The predicted octanol–water partition coefficient (Wildman–Crippen LogP) is 5.01. The summed E-state index contributed by atoms with van der Waals surface area (Å²) < 4.78 is 5.43. The van der Waals surface area contributed by atoms with Crippen LogP contribution in [0.5, 0.6) is 0 Å². The van der Waals surface area contributed by atoms with Crippen molar-refractivity contribution in [3.8, 4) is 0 Å². The van der Waals surface area contributed by atoms with Crippen molar-refractivity contribution in [2.24, 2.45) is 16.8 Å². The molecule has 0 aromatic heterocycles. The van der Waals surface area contributed by atoms with Gasteiger partial charge in [-0.25, -0.2) is 0 Å². The number of nitrogens with zero attached hydrogens (tertiary/aromatic N) is 1. The number of ether oxygens (including phenoxy) is 1. The maximum Gasteiger partial charge on any atom is 0.0571 e. The van der Waals surface area contributed by atoms with Gasteiger partial charge in [-0.3, -0.25) is 4.99 Å². The van der Waals surface area contributed by atoms with Crippen LogP contribution in [0.4, 0.5) is 0 Å². The summed E-state index contributed by atoms with van der Waals surface area (Å²) in [5.74, 6) is 1.72. The normalized spacial score (nSPS) is 35.5. The lowest BCUT2D eigenvalue weighted by atomic mass is 9.83. The van der Waals surface area contributed by atoms with Crippen LogP contribution in [0.15, 0.2) is 4.99 Å². The lowest BCUT2D eigenvalue weighted by Crippen LogP contribution is -2.22. The highest BCUT2D eigenvalue weighted by atomic mass is 16.5. The van der Waals surface area contributed by atoms with Crippen molar-refractivity contribution in [2.45, 2.75) is 89.7 Å². The van der Waals surface area contributed by atoms with Crippen LogP contribution < -0.4 is 0 Å². The number of unbranched alkanes of at least 4 members (excludes halogenated alkanes) is 1. The summed E-state index contributed by atoms with van der Waals surface area (Å²) in [6, 6.07) is 0.632. The molecule has 2 saturated carbocycles. The van der Waals surface area contributed by atoms with E-state index in [1.54, 1.807) is 0 Å². The van der Waals surface area contributed by atoms with Crippen molar-refractivity contribution >= 4 is 6.21 Å². The molecule has 20 heavy (non-hydrogen) atoms. The molecule has 0 N–H and O–H groups in total. The summed E-state index contributed by atoms with van der Waals surface area (Å²) in [5.41, 5.74) is 0. The van der Waals surface area contributed by atoms with Crippen LogP contribution in [-0.2, 0) is 4.74 Å². The Morgan fingerprint density at radius 1 is 1.00 bits per heavy atom. The van der Waals surface area contributed by atoms with Crippen molar-refractivity contribution < 1.29 is 4.74 Å². The first-order valence-electron chi connectivity index (χ1n) is 8.88. The quantitative estimate of drug-likeness (QED) is 0.626. The van der Waals surface area contributed by atoms with Gasteiger partial charge < -0.3 is 4.74 Å². The van der Waals surface area contributed by atoms with E-state index in [-0.39, 0.29) is 0 Å². The molecule has 0 spiro atoms. The SMILES string of the molecule is CCCCC1CCC(N=CC2CCC(OC)CC2)CC1. The highest BCUT2D eigenvalue weighted by Gasteiger charge is 2.22. The Labute approximate surface area is 125 Å². The van der Waals surface area contributed by atoms with Gasteiger partial charge in [-0.15, -0.1) is 0 Å². The van der Waals surface area contributed by atoms with Gasteiger partial charge in [0.15, 0.2) is 0 Å². The smallest absolute Gasteiger partial charge is 0.0571 e. The Morgan fingerprint density at radius 3 is 2.30 bits per heavy atom. The average molecular weight is 279 g/mol. The van der Waals surface area contributed by atoms with Gasteiger partial charge >= 0.3 is 0 Å². The van der Waals surface area contributed by atoms with Crippen molar-refractivity contribution in [3.63, 3.8) is 0 Å². The van der Waals surface area contributed by atoms with Crippen LogP contribution in [0, 0.1) is 11.8 Å². The molecule has 2 nitrogen and oxygen atoms in total. The molecule has 0 atom stereocenters. The maximum atomic E-state index is 5.43. The van der Waals surface area contributed by atoms with Gasteiger partial charge in [-0.05, 0) is 63.2 Å². The zero-order valence-corrected chi connectivity index (χ0v) is 13.5. The molecule has 2 heteroatoms. The number of hydrogen-bond acceptors (Lipinski definition) is 2. The molecule has 0 heterocycles. The Bertz CT molecular complexity index is 273. The fourth-order valence-corrected chi connectivity index (χ4v) is 3.79. The minimum atomic E-state index is 0.508. The molecular formula is C18H33NO. The zero-order chi connectivity index (χ0) is 14.2. The van der Waals surface area contributed by atoms with Crippen LogP contribution in [-0.4, -0.2) is 25.5 Å². The summed E-state index contributed by atoms with van der Waals surface area (Å²) in [6.07, 6.45) is 17.5. The lowest BCUT2D eigenvalue weighted by molar-refractivity contribution is 0.0651. The lowest BCUT2D eigenvalue weighted by Gasteiger charge is -2.28. The van der Waals surface area contributed by atoms with Crippen molar-refractivity contribution in [1.29, 1.82) is 0 Å². The van der Waals surface area contributed by atoms with Gasteiger partial charge in [0.25, 0.3) is 0 Å². The van der Waals surface area contributed by atoms with E-state index in [0.29, 0.717) is 12.1 Å². The van der Waals surface area contributed by atoms with E-state index in [1.165, 1.54) is 70.6 Å². The second-order valence-corrected chi connectivity index (χ2v) is 6.89. The predicted molar refractivity (Wildman–Crippen MR) is 86.5 cm³/mol. The monoisotopic (exact) mass is 279 g/mol.